The van der Waals surface area contributed by atoms with Crippen LogP contribution in [0.1, 0.15) is 18.1 Å². The highest BCUT2D eigenvalue weighted by atomic mass is 35.5. The van der Waals surface area contributed by atoms with E-state index in [9.17, 15) is 0 Å². The molecule has 0 aliphatic carbocycles. The van der Waals surface area contributed by atoms with Crippen molar-refractivity contribution in [3.05, 3.63) is 57.6 Å². The highest BCUT2D eigenvalue weighted by Gasteiger charge is 2.08. The highest BCUT2D eigenvalue weighted by molar-refractivity contribution is 7.80. The smallest absolute Gasteiger partial charge is 0.184 e. The van der Waals surface area contributed by atoms with Gasteiger partial charge in [-0.25, -0.2) is 0 Å². The molecule has 0 aliphatic heterocycles. The molecule has 0 heterocycles. The number of thiocarbonyl (C=S) groups is 1. The standard InChI is InChI=1S/C17H17Cl2N3O2S/c1-2-23-16-7-11(9-21-22-17(20)25)3-6-15(16)24-10-12-4-5-13(18)8-14(12)19/h3-9H,2,10H2,1H3,(H3,20,22,25)/b21-9-. The molecule has 0 fully saturated rings. The maximum atomic E-state index is 6.16. The van der Waals surface area contributed by atoms with Gasteiger partial charge < -0.3 is 15.2 Å². The molecule has 2 aromatic rings. The minimum atomic E-state index is 0.0982. The SMILES string of the molecule is CCOc1cc(/C=N\NC(N)=S)ccc1OCc1ccc(Cl)cc1Cl. The molecule has 2 rings (SSSR count). The van der Waals surface area contributed by atoms with Gasteiger partial charge in [-0.05, 0) is 55.0 Å². The van der Waals surface area contributed by atoms with Crippen molar-refractivity contribution in [1.82, 2.24) is 5.43 Å². The molecule has 0 aromatic heterocycles. The largest absolute Gasteiger partial charge is 0.490 e. The van der Waals surface area contributed by atoms with Gasteiger partial charge in [0.1, 0.15) is 6.61 Å². The molecule has 3 N–H and O–H groups in total. The zero-order valence-corrected chi connectivity index (χ0v) is 15.8. The van der Waals surface area contributed by atoms with Crippen LogP contribution in [0.2, 0.25) is 10.0 Å². The molecule has 8 heteroatoms. The molecule has 25 heavy (non-hydrogen) atoms. The van der Waals surface area contributed by atoms with Crippen LogP contribution in [-0.4, -0.2) is 17.9 Å². The summed E-state index contributed by atoms with van der Waals surface area (Å²) in [5.41, 5.74) is 9.46. The second kappa shape index (κ2) is 9.46. The van der Waals surface area contributed by atoms with Gasteiger partial charge in [-0.1, -0.05) is 29.3 Å². The van der Waals surface area contributed by atoms with E-state index in [0.29, 0.717) is 34.8 Å². The maximum absolute atomic E-state index is 6.16. The molecule has 5 nitrogen and oxygen atoms in total. The molecule has 0 unspecified atom stereocenters. The van der Waals surface area contributed by atoms with Gasteiger partial charge in [-0.3, -0.25) is 5.43 Å². The lowest BCUT2D eigenvalue weighted by molar-refractivity contribution is 0.269. The number of hydrogen-bond acceptors (Lipinski definition) is 4. The monoisotopic (exact) mass is 397 g/mol. The molecule has 2 aromatic carbocycles. The van der Waals surface area contributed by atoms with Crippen LogP contribution in [0.5, 0.6) is 11.5 Å². The summed E-state index contributed by atoms with van der Waals surface area (Å²) in [6.45, 7) is 2.70. The van der Waals surface area contributed by atoms with E-state index in [1.54, 1.807) is 24.4 Å². The molecule has 0 radical (unpaired) electrons. The third kappa shape index (κ3) is 6.08. The first-order valence-corrected chi connectivity index (χ1v) is 8.58. The molecule has 0 spiro atoms. The predicted octanol–water partition coefficient (Wildman–Crippen LogP) is 4.14. The Kier molecular flexibility index (Phi) is 7.31. The molecule has 0 saturated heterocycles. The zero-order valence-electron chi connectivity index (χ0n) is 13.5. The fourth-order valence-corrected chi connectivity index (χ4v) is 2.47. The van der Waals surface area contributed by atoms with Crippen LogP contribution in [0.3, 0.4) is 0 Å². The van der Waals surface area contributed by atoms with Gasteiger partial charge in [0.25, 0.3) is 0 Å². The van der Waals surface area contributed by atoms with E-state index in [1.807, 2.05) is 25.1 Å². The normalized spacial score (nSPS) is 10.7. The van der Waals surface area contributed by atoms with E-state index < -0.39 is 0 Å². The van der Waals surface area contributed by atoms with Crippen LogP contribution in [0.25, 0.3) is 0 Å². The number of hydrazone groups is 1. The maximum Gasteiger partial charge on any atom is 0.184 e. The lowest BCUT2D eigenvalue weighted by Crippen LogP contribution is -2.23. The van der Waals surface area contributed by atoms with E-state index in [-0.39, 0.29) is 5.11 Å². The number of halogens is 2. The van der Waals surface area contributed by atoms with Crippen molar-refractivity contribution in [2.24, 2.45) is 10.8 Å². The van der Waals surface area contributed by atoms with Crippen molar-refractivity contribution in [2.45, 2.75) is 13.5 Å². The number of rotatable bonds is 7. The third-order valence-corrected chi connectivity index (χ3v) is 3.73. The Morgan fingerprint density at radius 1 is 1.20 bits per heavy atom. The fourth-order valence-electron chi connectivity index (χ4n) is 1.96. The Balaban J connectivity index is 2.13. The summed E-state index contributed by atoms with van der Waals surface area (Å²) in [6.07, 6.45) is 1.58. The average Bonchev–Trinajstić information content (AvgIpc) is 2.55. The second-order valence-corrected chi connectivity index (χ2v) is 6.18. The number of ether oxygens (including phenoxy) is 2. The molecule has 0 bridgehead atoms. The lowest BCUT2D eigenvalue weighted by atomic mass is 10.2. The minimum absolute atomic E-state index is 0.0982. The van der Waals surface area contributed by atoms with Crippen molar-refractivity contribution in [2.75, 3.05) is 6.61 Å². The van der Waals surface area contributed by atoms with Gasteiger partial charge in [0, 0.05) is 15.6 Å². The highest BCUT2D eigenvalue weighted by Crippen LogP contribution is 2.30. The first kappa shape index (κ1) is 19.3. The number of nitrogens with one attached hydrogen (secondary N) is 1. The molecular formula is C17H17Cl2N3O2S. The first-order valence-electron chi connectivity index (χ1n) is 7.41. The van der Waals surface area contributed by atoms with E-state index >= 15 is 0 Å². The van der Waals surface area contributed by atoms with Crippen molar-refractivity contribution in [3.8, 4) is 11.5 Å². The molecular weight excluding hydrogens is 381 g/mol. The molecule has 0 amide bonds. The summed E-state index contributed by atoms with van der Waals surface area (Å²) in [7, 11) is 0. The summed E-state index contributed by atoms with van der Waals surface area (Å²) < 4.78 is 11.5. The van der Waals surface area contributed by atoms with E-state index in [2.05, 4.69) is 22.7 Å². The van der Waals surface area contributed by atoms with Crippen LogP contribution in [-0.2, 0) is 6.61 Å². The van der Waals surface area contributed by atoms with Gasteiger partial charge in [-0.15, -0.1) is 0 Å². The van der Waals surface area contributed by atoms with Crippen LogP contribution in [0.4, 0.5) is 0 Å². The number of nitrogens with zero attached hydrogens (tertiary/aromatic N) is 1. The number of benzene rings is 2. The Hall–Kier alpha value is -2.02. The van der Waals surface area contributed by atoms with Crippen molar-refractivity contribution >= 4 is 46.7 Å². The van der Waals surface area contributed by atoms with Gasteiger partial charge >= 0.3 is 0 Å². The Morgan fingerprint density at radius 3 is 2.68 bits per heavy atom. The summed E-state index contributed by atoms with van der Waals surface area (Å²) in [5, 5.41) is 5.15. The van der Waals surface area contributed by atoms with Gasteiger partial charge in [0.2, 0.25) is 0 Å². The Morgan fingerprint density at radius 2 is 2.00 bits per heavy atom. The van der Waals surface area contributed by atoms with Crippen molar-refractivity contribution in [1.29, 1.82) is 0 Å². The zero-order chi connectivity index (χ0) is 18.2. The van der Waals surface area contributed by atoms with E-state index in [0.717, 1.165) is 11.1 Å². The van der Waals surface area contributed by atoms with Crippen LogP contribution in [0, 0.1) is 0 Å². The third-order valence-electron chi connectivity index (χ3n) is 3.05. The topological polar surface area (TPSA) is 68.9 Å². The summed E-state index contributed by atoms with van der Waals surface area (Å²) in [6, 6.07) is 10.7. The van der Waals surface area contributed by atoms with Crippen molar-refractivity contribution < 1.29 is 9.47 Å². The molecule has 0 atom stereocenters. The Labute approximate surface area is 161 Å². The van der Waals surface area contributed by atoms with Crippen LogP contribution < -0.4 is 20.6 Å². The van der Waals surface area contributed by atoms with Crippen LogP contribution >= 0.6 is 35.4 Å². The van der Waals surface area contributed by atoms with Crippen molar-refractivity contribution in [3.63, 3.8) is 0 Å². The van der Waals surface area contributed by atoms with E-state index in [1.165, 1.54) is 0 Å². The van der Waals surface area contributed by atoms with Gasteiger partial charge in [0.05, 0.1) is 12.8 Å². The molecule has 0 saturated carbocycles. The summed E-state index contributed by atoms with van der Waals surface area (Å²) in [5.74, 6) is 1.21. The first-order chi connectivity index (χ1) is 12.0. The number of nitrogens with two attached hydrogens (primary N) is 1. The second-order valence-electron chi connectivity index (χ2n) is 4.90. The minimum Gasteiger partial charge on any atom is -0.490 e. The average molecular weight is 398 g/mol. The number of hydrogen-bond donors (Lipinski definition) is 2. The lowest BCUT2D eigenvalue weighted by Gasteiger charge is -2.13. The Bertz CT molecular complexity index is 784. The fraction of sp³-hybridized carbons (Fsp3) is 0.176. The summed E-state index contributed by atoms with van der Waals surface area (Å²) in [4.78, 5) is 0. The summed E-state index contributed by atoms with van der Waals surface area (Å²) >= 11 is 16.8. The van der Waals surface area contributed by atoms with E-state index in [4.69, 9.17) is 38.4 Å². The van der Waals surface area contributed by atoms with Gasteiger partial charge in [0.15, 0.2) is 16.6 Å². The predicted molar refractivity (Wildman–Crippen MR) is 106 cm³/mol. The van der Waals surface area contributed by atoms with Crippen LogP contribution in [0.15, 0.2) is 41.5 Å². The molecule has 0 aliphatic rings. The quantitative estimate of drug-likeness (QED) is 0.417. The van der Waals surface area contributed by atoms with Gasteiger partial charge in [-0.2, -0.15) is 5.10 Å². The molecule has 132 valence electrons.